The minimum Gasteiger partial charge on any atom is -0.179 e. The van der Waals surface area contributed by atoms with Crippen LogP contribution in [0.3, 0.4) is 0 Å². The Labute approximate surface area is 57.5 Å². The van der Waals surface area contributed by atoms with E-state index in [9.17, 15) is 0 Å². The third kappa shape index (κ3) is 0.858. The van der Waals surface area contributed by atoms with Crippen molar-refractivity contribution in [2.24, 2.45) is 7.05 Å². The molecule has 0 unspecified atom stereocenters. The summed E-state index contributed by atoms with van der Waals surface area (Å²) in [5, 5.41) is 2.03. The molecule has 8 heavy (non-hydrogen) atoms. The molecular weight excluding hydrogens is 142 g/mol. The van der Waals surface area contributed by atoms with E-state index in [-0.39, 0.29) is 0 Å². The molecule has 0 bridgehead atoms. The molecule has 0 spiro atoms. The van der Waals surface area contributed by atoms with Crippen LogP contribution in [-0.4, -0.2) is 0 Å². The molecule has 3 heteroatoms. The highest BCUT2D eigenvalue weighted by atomic mass is 35.5. The number of aryl methyl sites for hydroxylation is 1. The largest absolute Gasteiger partial charge is 0.333 e. The average Bonchev–Trinajstić information content (AvgIpc) is 1.98. The van der Waals surface area contributed by atoms with E-state index in [0.717, 1.165) is 4.47 Å². The lowest BCUT2D eigenvalue weighted by Crippen LogP contribution is -2.29. The summed E-state index contributed by atoms with van der Waals surface area (Å²) in [6.45, 7) is 2.03. The van der Waals surface area contributed by atoms with Gasteiger partial charge in [0.15, 0.2) is 5.69 Å². The standard InChI is InChI=1S/C5H7ClNS/c1-4-3-8-5(6)7(4)2/h3H,1-2H3/q+1. The van der Waals surface area contributed by atoms with Gasteiger partial charge in [0.25, 0.3) is 0 Å². The van der Waals surface area contributed by atoms with Gasteiger partial charge in [0, 0.05) is 18.5 Å². The Morgan fingerprint density at radius 2 is 2.38 bits per heavy atom. The van der Waals surface area contributed by atoms with Crippen LogP contribution in [-0.2, 0) is 7.05 Å². The van der Waals surface area contributed by atoms with Crippen molar-refractivity contribution in [2.75, 3.05) is 0 Å². The van der Waals surface area contributed by atoms with Crippen LogP contribution < -0.4 is 4.57 Å². The van der Waals surface area contributed by atoms with E-state index in [2.05, 4.69) is 0 Å². The lowest BCUT2D eigenvalue weighted by atomic mass is 10.6. The number of hydrogen-bond donors (Lipinski definition) is 0. The second-order valence-corrected chi connectivity index (χ2v) is 3.13. The van der Waals surface area contributed by atoms with Crippen molar-refractivity contribution in [3.63, 3.8) is 0 Å². The first-order valence-electron chi connectivity index (χ1n) is 2.31. The molecule has 0 radical (unpaired) electrons. The average molecular weight is 149 g/mol. The van der Waals surface area contributed by atoms with E-state index in [4.69, 9.17) is 11.6 Å². The van der Waals surface area contributed by atoms with Crippen molar-refractivity contribution in [3.05, 3.63) is 15.5 Å². The van der Waals surface area contributed by atoms with Crippen LogP contribution in [0, 0.1) is 6.92 Å². The zero-order chi connectivity index (χ0) is 6.15. The quantitative estimate of drug-likeness (QED) is 0.492. The van der Waals surface area contributed by atoms with Gasteiger partial charge in [0.2, 0.25) is 0 Å². The second-order valence-electron chi connectivity index (χ2n) is 1.69. The van der Waals surface area contributed by atoms with Crippen LogP contribution in [0.15, 0.2) is 5.38 Å². The van der Waals surface area contributed by atoms with Crippen LogP contribution in [0.25, 0.3) is 0 Å². The van der Waals surface area contributed by atoms with Crippen LogP contribution >= 0.6 is 22.9 Å². The number of nitrogens with zero attached hydrogens (tertiary/aromatic N) is 1. The van der Waals surface area contributed by atoms with Crippen molar-refractivity contribution in [1.29, 1.82) is 0 Å². The molecular formula is C5H7ClNS+. The van der Waals surface area contributed by atoms with Crippen LogP contribution in [0.1, 0.15) is 5.69 Å². The van der Waals surface area contributed by atoms with E-state index in [1.165, 1.54) is 5.69 Å². The van der Waals surface area contributed by atoms with Crippen molar-refractivity contribution >= 4 is 22.9 Å². The summed E-state index contributed by atoms with van der Waals surface area (Å²) in [6.07, 6.45) is 0. The normalized spacial score (nSPS) is 9.88. The predicted octanol–water partition coefficient (Wildman–Crippen LogP) is 1.53. The summed E-state index contributed by atoms with van der Waals surface area (Å²) in [7, 11) is 1.95. The third-order valence-corrected chi connectivity index (χ3v) is 2.57. The summed E-state index contributed by atoms with van der Waals surface area (Å²) in [5.74, 6) is 0. The maximum Gasteiger partial charge on any atom is 0.333 e. The van der Waals surface area contributed by atoms with Crippen molar-refractivity contribution in [1.82, 2.24) is 0 Å². The summed E-state index contributed by atoms with van der Waals surface area (Å²) in [6, 6.07) is 0. The molecule has 0 atom stereocenters. The molecule has 44 valence electrons. The van der Waals surface area contributed by atoms with Gasteiger partial charge in [-0.3, -0.25) is 0 Å². The van der Waals surface area contributed by atoms with Crippen LogP contribution in [0.2, 0.25) is 4.47 Å². The molecule has 1 heterocycles. The van der Waals surface area contributed by atoms with Gasteiger partial charge in [-0.25, -0.2) is 0 Å². The summed E-state index contributed by atoms with van der Waals surface area (Å²) in [5.41, 5.74) is 1.21. The van der Waals surface area contributed by atoms with E-state index in [1.54, 1.807) is 11.3 Å². The Morgan fingerprint density at radius 1 is 1.75 bits per heavy atom. The molecule has 0 aromatic carbocycles. The van der Waals surface area contributed by atoms with Gasteiger partial charge in [-0.15, -0.1) is 0 Å². The van der Waals surface area contributed by atoms with Gasteiger partial charge in [-0.2, -0.15) is 4.57 Å². The minimum absolute atomic E-state index is 0.836. The van der Waals surface area contributed by atoms with Crippen molar-refractivity contribution < 1.29 is 4.57 Å². The molecule has 0 saturated heterocycles. The monoisotopic (exact) mass is 148 g/mol. The molecule has 1 rings (SSSR count). The number of aromatic nitrogens is 1. The Morgan fingerprint density at radius 3 is 2.50 bits per heavy atom. The third-order valence-electron chi connectivity index (χ3n) is 1.12. The van der Waals surface area contributed by atoms with Crippen molar-refractivity contribution in [3.8, 4) is 0 Å². The maximum absolute atomic E-state index is 5.71. The lowest BCUT2D eigenvalue weighted by molar-refractivity contribution is -0.670. The number of halogens is 1. The topological polar surface area (TPSA) is 3.88 Å². The van der Waals surface area contributed by atoms with Gasteiger partial charge in [-0.1, -0.05) is 11.3 Å². The van der Waals surface area contributed by atoms with Crippen LogP contribution in [0.5, 0.6) is 0 Å². The Bertz CT molecular complexity index is 175. The first-order chi connectivity index (χ1) is 3.72. The number of rotatable bonds is 0. The SMILES string of the molecule is Cc1csc(Cl)[n+]1C. The number of thiazole rings is 1. The van der Waals surface area contributed by atoms with Gasteiger partial charge < -0.3 is 0 Å². The van der Waals surface area contributed by atoms with Crippen molar-refractivity contribution in [2.45, 2.75) is 6.92 Å². The smallest absolute Gasteiger partial charge is 0.179 e. The van der Waals surface area contributed by atoms with E-state index < -0.39 is 0 Å². The maximum atomic E-state index is 5.71. The van der Waals surface area contributed by atoms with E-state index in [1.807, 2.05) is 23.9 Å². The molecule has 1 aromatic heterocycles. The Balaban J connectivity index is 3.19. The first kappa shape index (κ1) is 6.05. The molecule has 0 N–H and O–H groups in total. The fraction of sp³-hybridized carbons (Fsp3) is 0.400. The highest BCUT2D eigenvalue weighted by molar-refractivity contribution is 7.13. The van der Waals surface area contributed by atoms with Gasteiger partial charge in [0.05, 0.1) is 5.38 Å². The minimum atomic E-state index is 0.836. The lowest BCUT2D eigenvalue weighted by Gasteiger charge is -1.78. The highest BCUT2D eigenvalue weighted by Gasteiger charge is 2.07. The predicted molar refractivity (Wildman–Crippen MR) is 35.2 cm³/mol. The number of hydrogen-bond acceptors (Lipinski definition) is 1. The molecule has 1 aromatic rings. The molecule has 0 aliphatic rings. The molecule has 0 amide bonds. The molecule has 0 fully saturated rings. The molecule has 0 aliphatic carbocycles. The van der Waals surface area contributed by atoms with Crippen LogP contribution in [0.4, 0.5) is 0 Å². The van der Waals surface area contributed by atoms with Gasteiger partial charge >= 0.3 is 4.47 Å². The Kier molecular flexibility index (Phi) is 1.54. The summed E-state index contributed by atoms with van der Waals surface area (Å²) >= 11 is 7.27. The Hall–Kier alpha value is -0.0800. The fourth-order valence-electron chi connectivity index (χ4n) is 0.431. The summed E-state index contributed by atoms with van der Waals surface area (Å²) in [4.78, 5) is 0. The van der Waals surface area contributed by atoms with Gasteiger partial charge in [0.1, 0.15) is 7.05 Å². The summed E-state index contributed by atoms with van der Waals surface area (Å²) < 4.78 is 2.79. The fourth-order valence-corrected chi connectivity index (χ4v) is 1.43. The zero-order valence-corrected chi connectivity index (χ0v) is 6.38. The highest BCUT2D eigenvalue weighted by Crippen LogP contribution is 2.10. The molecule has 0 aliphatic heterocycles. The first-order valence-corrected chi connectivity index (χ1v) is 3.57. The van der Waals surface area contributed by atoms with E-state index in [0.29, 0.717) is 0 Å². The second kappa shape index (κ2) is 2.03. The van der Waals surface area contributed by atoms with Gasteiger partial charge in [-0.05, 0) is 0 Å². The zero-order valence-electron chi connectivity index (χ0n) is 4.81. The molecule has 0 saturated carbocycles. The van der Waals surface area contributed by atoms with E-state index >= 15 is 0 Å². The molecule has 1 nitrogen and oxygen atoms in total.